The molecule has 0 bridgehead atoms. The predicted octanol–water partition coefficient (Wildman–Crippen LogP) is 2.54. The quantitative estimate of drug-likeness (QED) is 0.895. The van der Waals surface area contributed by atoms with Gasteiger partial charge in [0, 0.05) is 13.6 Å². The zero-order chi connectivity index (χ0) is 14.6. The Morgan fingerprint density at radius 1 is 1.21 bits per heavy atom. The molecule has 0 aliphatic carbocycles. The number of unbranched alkanes of at least 4 members (excludes halogenated alkanes) is 1. The molecule has 1 rings (SSSR count). The standard InChI is InChI=1S/C13H15F2NO3/c1-3-4-5-16(2)12(17)8-6-10(14)11(15)7-9(8)13(18)19/h6-7H,3-5H2,1-2H3,(H,18,19). The molecule has 0 aromatic heterocycles. The van der Waals surface area contributed by atoms with Crippen molar-refractivity contribution in [2.75, 3.05) is 13.6 Å². The zero-order valence-corrected chi connectivity index (χ0v) is 10.7. The van der Waals surface area contributed by atoms with Crippen molar-refractivity contribution >= 4 is 11.9 Å². The fourth-order valence-electron chi connectivity index (χ4n) is 1.60. The molecule has 0 saturated heterocycles. The molecule has 0 saturated carbocycles. The molecule has 0 radical (unpaired) electrons. The number of rotatable bonds is 5. The van der Waals surface area contributed by atoms with Crippen LogP contribution in [0.2, 0.25) is 0 Å². The second-order valence-corrected chi connectivity index (χ2v) is 4.20. The van der Waals surface area contributed by atoms with Crippen LogP contribution in [0.25, 0.3) is 0 Å². The number of carbonyl (C=O) groups is 2. The van der Waals surface area contributed by atoms with E-state index in [9.17, 15) is 18.4 Å². The molecule has 1 N–H and O–H groups in total. The van der Waals surface area contributed by atoms with Crippen molar-refractivity contribution in [1.29, 1.82) is 0 Å². The minimum absolute atomic E-state index is 0.343. The normalized spacial score (nSPS) is 10.3. The molecule has 0 unspecified atom stereocenters. The molecule has 0 atom stereocenters. The highest BCUT2D eigenvalue weighted by molar-refractivity contribution is 6.04. The number of nitrogens with zero attached hydrogens (tertiary/aromatic N) is 1. The third-order valence-electron chi connectivity index (χ3n) is 2.72. The highest BCUT2D eigenvalue weighted by atomic mass is 19.2. The Labute approximate surface area is 109 Å². The van der Waals surface area contributed by atoms with Crippen molar-refractivity contribution in [3.05, 3.63) is 34.9 Å². The van der Waals surface area contributed by atoms with E-state index in [1.54, 1.807) is 0 Å². The van der Waals surface area contributed by atoms with Crippen LogP contribution in [0, 0.1) is 11.6 Å². The Morgan fingerprint density at radius 3 is 2.21 bits per heavy atom. The SMILES string of the molecule is CCCCN(C)C(=O)c1cc(F)c(F)cc1C(=O)O. The van der Waals surface area contributed by atoms with Crippen molar-refractivity contribution in [3.8, 4) is 0 Å². The number of carboxylic acid groups (broad SMARTS) is 1. The maximum atomic E-state index is 13.2. The van der Waals surface area contributed by atoms with Crippen LogP contribution in [-0.4, -0.2) is 35.5 Å². The number of amides is 1. The number of aromatic carboxylic acids is 1. The van der Waals surface area contributed by atoms with Gasteiger partial charge in [-0.3, -0.25) is 4.79 Å². The minimum atomic E-state index is -1.47. The average Bonchev–Trinajstić information content (AvgIpc) is 2.37. The van der Waals surface area contributed by atoms with Gasteiger partial charge in [-0.15, -0.1) is 0 Å². The first kappa shape index (κ1) is 15.1. The van der Waals surface area contributed by atoms with E-state index in [-0.39, 0.29) is 5.56 Å². The van der Waals surface area contributed by atoms with Crippen LogP contribution < -0.4 is 0 Å². The molecule has 0 fully saturated rings. The lowest BCUT2D eigenvalue weighted by molar-refractivity contribution is 0.0680. The van der Waals surface area contributed by atoms with Crippen molar-refractivity contribution in [2.24, 2.45) is 0 Å². The smallest absolute Gasteiger partial charge is 0.336 e. The molecule has 0 aliphatic rings. The zero-order valence-electron chi connectivity index (χ0n) is 10.7. The lowest BCUT2D eigenvalue weighted by Crippen LogP contribution is -2.29. The first-order valence-corrected chi connectivity index (χ1v) is 5.86. The van der Waals surface area contributed by atoms with Gasteiger partial charge in [0.15, 0.2) is 11.6 Å². The number of hydrogen-bond acceptors (Lipinski definition) is 2. The van der Waals surface area contributed by atoms with Crippen molar-refractivity contribution in [3.63, 3.8) is 0 Å². The number of carboxylic acids is 1. The van der Waals surface area contributed by atoms with Gasteiger partial charge in [0.05, 0.1) is 11.1 Å². The lowest BCUT2D eigenvalue weighted by Gasteiger charge is -2.18. The fourth-order valence-corrected chi connectivity index (χ4v) is 1.60. The summed E-state index contributed by atoms with van der Waals surface area (Å²) in [5, 5.41) is 8.93. The van der Waals surface area contributed by atoms with Crippen LogP contribution in [0.5, 0.6) is 0 Å². The topological polar surface area (TPSA) is 57.6 Å². The van der Waals surface area contributed by atoms with E-state index >= 15 is 0 Å². The van der Waals surface area contributed by atoms with Gasteiger partial charge < -0.3 is 10.0 Å². The molecule has 19 heavy (non-hydrogen) atoms. The third-order valence-corrected chi connectivity index (χ3v) is 2.72. The summed E-state index contributed by atoms with van der Waals surface area (Å²) in [6, 6.07) is 1.15. The number of hydrogen-bond donors (Lipinski definition) is 1. The van der Waals surface area contributed by atoms with Gasteiger partial charge in [-0.25, -0.2) is 13.6 Å². The van der Waals surface area contributed by atoms with Gasteiger partial charge in [0.2, 0.25) is 0 Å². The maximum Gasteiger partial charge on any atom is 0.336 e. The highest BCUT2D eigenvalue weighted by Crippen LogP contribution is 2.17. The second kappa shape index (κ2) is 6.26. The molecule has 0 spiro atoms. The molecular weight excluding hydrogens is 256 g/mol. The molecular formula is C13H15F2NO3. The molecule has 1 aromatic carbocycles. The van der Waals surface area contributed by atoms with Crippen LogP contribution in [0.3, 0.4) is 0 Å². The molecule has 6 heteroatoms. The summed E-state index contributed by atoms with van der Waals surface area (Å²) in [6.45, 7) is 2.37. The summed E-state index contributed by atoms with van der Waals surface area (Å²) < 4.78 is 26.2. The first-order chi connectivity index (χ1) is 8.88. The van der Waals surface area contributed by atoms with Gasteiger partial charge in [0.1, 0.15) is 0 Å². The van der Waals surface area contributed by atoms with Crippen LogP contribution in [0.1, 0.15) is 40.5 Å². The summed E-state index contributed by atoms with van der Waals surface area (Å²) in [4.78, 5) is 24.3. The number of carbonyl (C=O) groups excluding carboxylic acids is 1. The van der Waals surface area contributed by atoms with E-state index in [0.29, 0.717) is 18.7 Å². The number of halogens is 2. The molecule has 1 amide bonds. The lowest BCUT2D eigenvalue weighted by atomic mass is 10.1. The van der Waals surface area contributed by atoms with Crippen LogP contribution in [0.4, 0.5) is 8.78 Å². The van der Waals surface area contributed by atoms with Gasteiger partial charge in [-0.1, -0.05) is 13.3 Å². The van der Waals surface area contributed by atoms with E-state index in [4.69, 9.17) is 5.11 Å². The van der Waals surface area contributed by atoms with E-state index < -0.39 is 29.1 Å². The predicted molar refractivity (Wildman–Crippen MR) is 65.2 cm³/mol. The largest absolute Gasteiger partial charge is 0.478 e. The summed E-state index contributed by atoms with van der Waals surface area (Å²) >= 11 is 0. The van der Waals surface area contributed by atoms with E-state index in [0.717, 1.165) is 12.8 Å². The van der Waals surface area contributed by atoms with E-state index in [2.05, 4.69) is 0 Å². The van der Waals surface area contributed by atoms with Gasteiger partial charge >= 0.3 is 5.97 Å². The van der Waals surface area contributed by atoms with Gasteiger partial charge in [0.25, 0.3) is 5.91 Å². The van der Waals surface area contributed by atoms with Gasteiger partial charge in [-0.2, -0.15) is 0 Å². The Bertz CT molecular complexity index is 503. The summed E-state index contributed by atoms with van der Waals surface area (Å²) in [6.07, 6.45) is 1.61. The van der Waals surface area contributed by atoms with Crippen LogP contribution >= 0.6 is 0 Å². The van der Waals surface area contributed by atoms with E-state index in [1.165, 1.54) is 11.9 Å². The molecule has 104 valence electrons. The fraction of sp³-hybridized carbons (Fsp3) is 0.385. The van der Waals surface area contributed by atoms with Crippen LogP contribution in [-0.2, 0) is 0 Å². The Morgan fingerprint density at radius 2 is 1.74 bits per heavy atom. The highest BCUT2D eigenvalue weighted by Gasteiger charge is 2.22. The molecule has 1 aromatic rings. The van der Waals surface area contributed by atoms with Crippen molar-refractivity contribution in [2.45, 2.75) is 19.8 Å². The monoisotopic (exact) mass is 271 g/mol. The average molecular weight is 271 g/mol. The number of benzene rings is 1. The molecule has 0 aliphatic heterocycles. The van der Waals surface area contributed by atoms with Crippen molar-refractivity contribution in [1.82, 2.24) is 4.90 Å². The summed E-state index contributed by atoms with van der Waals surface area (Å²) in [5.41, 5.74) is -0.878. The van der Waals surface area contributed by atoms with Crippen molar-refractivity contribution < 1.29 is 23.5 Å². The Balaban J connectivity index is 3.14. The third kappa shape index (κ3) is 3.49. The Kier molecular flexibility index (Phi) is 4.97. The summed E-state index contributed by atoms with van der Waals surface area (Å²) in [7, 11) is 1.49. The van der Waals surface area contributed by atoms with Gasteiger partial charge in [-0.05, 0) is 18.6 Å². The first-order valence-electron chi connectivity index (χ1n) is 5.86. The summed E-state index contributed by atoms with van der Waals surface area (Å²) in [5.74, 6) is -4.63. The molecule has 4 nitrogen and oxygen atoms in total. The van der Waals surface area contributed by atoms with E-state index in [1.807, 2.05) is 6.92 Å². The second-order valence-electron chi connectivity index (χ2n) is 4.20. The Hall–Kier alpha value is -1.98. The molecule has 0 heterocycles. The maximum absolute atomic E-state index is 13.2. The minimum Gasteiger partial charge on any atom is -0.478 e. The van der Waals surface area contributed by atoms with Crippen LogP contribution in [0.15, 0.2) is 12.1 Å².